The quantitative estimate of drug-likeness (QED) is 0.901. The molecule has 2 aromatic heterocycles. The smallest absolute Gasteiger partial charge is 0.341 e. The first-order chi connectivity index (χ1) is 9.61. The van der Waals surface area contributed by atoms with Crippen LogP contribution in [0.4, 0.5) is 0 Å². The van der Waals surface area contributed by atoms with Gasteiger partial charge in [0.05, 0.1) is 30.7 Å². The Hall–Kier alpha value is -2.34. The van der Waals surface area contributed by atoms with E-state index >= 15 is 0 Å². The van der Waals surface area contributed by atoms with E-state index in [9.17, 15) is 14.7 Å². The van der Waals surface area contributed by atoms with Gasteiger partial charge in [0.15, 0.2) is 0 Å². The molecule has 104 valence electrons. The molecule has 0 aromatic carbocycles. The molecule has 2 aromatic rings. The molecular formula is C14H13NO5. The van der Waals surface area contributed by atoms with E-state index in [1.165, 1.54) is 6.26 Å². The zero-order valence-corrected chi connectivity index (χ0v) is 10.9. The number of ether oxygens (including phenoxy) is 1. The second-order valence-corrected chi connectivity index (χ2v) is 4.60. The average molecular weight is 275 g/mol. The lowest BCUT2D eigenvalue weighted by atomic mass is 10.0. The van der Waals surface area contributed by atoms with Gasteiger partial charge in [-0.05, 0) is 19.1 Å². The first-order valence-corrected chi connectivity index (χ1v) is 6.22. The highest BCUT2D eigenvalue weighted by atomic mass is 16.5. The maximum atomic E-state index is 12.5. The molecule has 0 aliphatic carbocycles. The summed E-state index contributed by atoms with van der Waals surface area (Å²) in [5, 5.41) is 9.34. The first-order valence-electron chi connectivity index (χ1n) is 6.22. The molecule has 0 fully saturated rings. The van der Waals surface area contributed by atoms with Crippen LogP contribution in [-0.4, -0.2) is 22.2 Å². The summed E-state index contributed by atoms with van der Waals surface area (Å²) in [6.07, 6.45) is 1.46. The van der Waals surface area contributed by atoms with Crippen LogP contribution in [0.5, 0.6) is 0 Å². The van der Waals surface area contributed by atoms with Gasteiger partial charge in [-0.15, -0.1) is 0 Å². The van der Waals surface area contributed by atoms with Gasteiger partial charge in [-0.1, -0.05) is 0 Å². The maximum absolute atomic E-state index is 12.5. The lowest BCUT2D eigenvalue weighted by Gasteiger charge is -2.24. The highest BCUT2D eigenvalue weighted by molar-refractivity contribution is 5.90. The van der Waals surface area contributed by atoms with Crippen LogP contribution in [0.25, 0.3) is 11.3 Å². The topological polar surface area (TPSA) is 81.7 Å². The number of carbonyl (C=O) groups is 1. The minimum absolute atomic E-state index is 0.135. The number of rotatable bonds is 2. The minimum atomic E-state index is -1.24. The summed E-state index contributed by atoms with van der Waals surface area (Å²) >= 11 is 0. The number of aromatic nitrogens is 1. The predicted molar refractivity (Wildman–Crippen MR) is 69.8 cm³/mol. The van der Waals surface area contributed by atoms with Crippen LogP contribution >= 0.6 is 0 Å². The Morgan fingerprint density at radius 2 is 2.25 bits per heavy atom. The van der Waals surface area contributed by atoms with Crippen molar-refractivity contribution in [3.05, 3.63) is 45.6 Å². The van der Waals surface area contributed by atoms with Gasteiger partial charge in [0, 0.05) is 12.2 Å². The fourth-order valence-corrected chi connectivity index (χ4v) is 2.60. The first kappa shape index (κ1) is 12.7. The van der Waals surface area contributed by atoms with E-state index in [-0.39, 0.29) is 12.2 Å². The molecule has 0 spiro atoms. The van der Waals surface area contributed by atoms with Crippen molar-refractivity contribution < 1.29 is 19.1 Å². The second kappa shape index (κ2) is 4.64. The summed E-state index contributed by atoms with van der Waals surface area (Å²) in [6, 6.07) is 3.32. The molecule has 1 N–H and O–H groups in total. The number of carboxylic acid groups (broad SMARTS) is 1. The SMILES string of the molecule is Cc1c(-c2ccco2)c(=O)c(C(=O)O)c2n1CCOC2. The standard InChI is InChI=1S/C14H13NO5/c1-8-11(10-3-2-5-20-10)13(16)12(14(17)18)9-7-19-6-4-15(8)9/h2-3,5H,4,6-7H2,1H3,(H,17,18). The number of carboxylic acids is 1. The summed E-state index contributed by atoms with van der Waals surface area (Å²) in [5.74, 6) is -0.853. The Morgan fingerprint density at radius 3 is 2.90 bits per heavy atom. The number of pyridine rings is 1. The highest BCUT2D eigenvalue weighted by Gasteiger charge is 2.27. The molecule has 0 amide bonds. The normalized spacial score (nSPS) is 14.1. The van der Waals surface area contributed by atoms with Gasteiger partial charge in [-0.2, -0.15) is 0 Å². The summed E-state index contributed by atoms with van der Waals surface area (Å²) in [7, 11) is 0. The average Bonchev–Trinajstić information content (AvgIpc) is 2.92. The van der Waals surface area contributed by atoms with Crippen molar-refractivity contribution in [1.29, 1.82) is 0 Å². The third-order valence-corrected chi connectivity index (χ3v) is 3.51. The number of fused-ring (bicyclic) bond motifs is 1. The molecule has 3 rings (SSSR count). The fraction of sp³-hybridized carbons (Fsp3) is 0.286. The molecule has 0 saturated heterocycles. The summed E-state index contributed by atoms with van der Waals surface area (Å²) in [5.41, 5.74) is 0.663. The van der Waals surface area contributed by atoms with Gasteiger partial charge in [-0.3, -0.25) is 4.79 Å². The maximum Gasteiger partial charge on any atom is 0.341 e. The predicted octanol–water partition coefficient (Wildman–Crippen LogP) is 1.65. The summed E-state index contributed by atoms with van der Waals surface area (Å²) in [4.78, 5) is 23.9. The van der Waals surface area contributed by atoms with Gasteiger partial charge in [0.1, 0.15) is 11.3 Å². The van der Waals surface area contributed by atoms with E-state index in [1.54, 1.807) is 19.1 Å². The Labute approximate surface area is 114 Å². The monoisotopic (exact) mass is 275 g/mol. The number of furan rings is 1. The summed E-state index contributed by atoms with van der Waals surface area (Å²) < 4.78 is 12.4. The van der Waals surface area contributed by atoms with Crippen molar-refractivity contribution in [2.75, 3.05) is 6.61 Å². The van der Waals surface area contributed by atoms with Crippen molar-refractivity contribution in [3.63, 3.8) is 0 Å². The molecule has 20 heavy (non-hydrogen) atoms. The Morgan fingerprint density at radius 1 is 1.45 bits per heavy atom. The Kier molecular flexibility index (Phi) is 2.94. The third-order valence-electron chi connectivity index (χ3n) is 3.51. The van der Waals surface area contributed by atoms with Crippen LogP contribution in [0.1, 0.15) is 21.7 Å². The van der Waals surface area contributed by atoms with Gasteiger partial charge >= 0.3 is 5.97 Å². The lowest BCUT2D eigenvalue weighted by molar-refractivity contribution is 0.0648. The Balaban J connectivity index is 2.40. The van der Waals surface area contributed by atoms with Crippen molar-refractivity contribution in [3.8, 4) is 11.3 Å². The molecule has 1 aliphatic rings. The van der Waals surface area contributed by atoms with Crippen molar-refractivity contribution >= 4 is 5.97 Å². The number of nitrogens with zero attached hydrogens (tertiary/aromatic N) is 1. The Bertz CT molecular complexity index is 727. The number of hydrogen-bond acceptors (Lipinski definition) is 4. The van der Waals surface area contributed by atoms with Crippen LogP contribution < -0.4 is 5.43 Å². The third kappa shape index (κ3) is 1.77. The van der Waals surface area contributed by atoms with E-state index in [0.717, 1.165) is 0 Å². The van der Waals surface area contributed by atoms with E-state index < -0.39 is 11.4 Å². The van der Waals surface area contributed by atoms with E-state index in [1.807, 2.05) is 4.57 Å². The van der Waals surface area contributed by atoms with Crippen LogP contribution in [0, 0.1) is 6.92 Å². The zero-order chi connectivity index (χ0) is 14.3. The van der Waals surface area contributed by atoms with Gasteiger partial charge in [0.25, 0.3) is 0 Å². The minimum Gasteiger partial charge on any atom is -0.477 e. The molecule has 0 unspecified atom stereocenters. The molecule has 1 aliphatic heterocycles. The molecule has 0 atom stereocenters. The molecule has 0 bridgehead atoms. The number of aromatic carboxylic acids is 1. The molecule has 3 heterocycles. The van der Waals surface area contributed by atoms with Gasteiger partial charge in [-0.25, -0.2) is 4.79 Å². The van der Waals surface area contributed by atoms with E-state index in [0.29, 0.717) is 35.9 Å². The molecule has 6 nitrogen and oxygen atoms in total. The van der Waals surface area contributed by atoms with Crippen molar-refractivity contribution in [1.82, 2.24) is 4.57 Å². The molecular weight excluding hydrogens is 262 g/mol. The number of hydrogen-bond donors (Lipinski definition) is 1. The summed E-state index contributed by atoms with van der Waals surface area (Å²) in [6.45, 7) is 2.94. The van der Waals surface area contributed by atoms with Crippen LogP contribution in [0.2, 0.25) is 0 Å². The van der Waals surface area contributed by atoms with Crippen LogP contribution in [0.3, 0.4) is 0 Å². The largest absolute Gasteiger partial charge is 0.477 e. The van der Waals surface area contributed by atoms with Crippen LogP contribution in [0.15, 0.2) is 27.6 Å². The lowest BCUT2D eigenvalue weighted by Crippen LogP contribution is -2.31. The van der Waals surface area contributed by atoms with Crippen molar-refractivity contribution in [2.24, 2.45) is 0 Å². The molecule has 6 heteroatoms. The fourth-order valence-electron chi connectivity index (χ4n) is 2.60. The van der Waals surface area contributed by atoms with Crippen LogP contribution in [-0.2, 0) is 17.9 Å². The molecule has 0 saturated carbocycles. The van der Waals surface area contributed by atoms with E-state index in [2.05, 4.69) is 0 Å². The zero-order valence-electron chi connectivity index (χ0n) is 10.9. The van der Waals surface area contributed by atoms with Gasteiger partial charge < -0.3 is 18.8 Å². The second-order valence-electron chi connectivity index (χ2n) is 4.60. The van der Waals surface area contributed by atoms with Gasteiger partial charge in [0.2, 0.25) is 5.43 Å². The van der Waals surface area contributed by atoms with Crippen molar-refractivity contribution in [2.45, 2.75) is 20.1 Å². The molecule has 0 radical (unpaired) electrons. The van der Waals surface area contributed by atoms with E-state index in [4.69, 9.17) is 9.15 Å². The highest BCUT2D eigenvalue weighted by Crippen LogP contribution is 2.25.